The lowest BCUT2D eigenvalue weighted by Crippen LogP contribution is -2.51. The van der Waals surface area contributed by atoms with E-state index in [1.807, 2.05) is 19.1 Å². The third kappa shape index (κ3) is 8.70. The Bertz CT molecular complexity index is 924. The van der Waals surface area contributed by atoms with Crippen molar-refractivity contribution < 1.29 is 28.6 Å². The largest absolute Gasteiger partial charge is 0.380 e. The lowest BCUT2D eigenvalue weighted by molar-refractivity contribution is -0.153. The number of carbonyl (C=O) groups excluding carboxylic acids is 2. The van der Waals surface area contributed by atoms with Gasteiger partial charge in [-0.15, -0.1) is 18.3 Å². The molecule has 6 nitrogen and oxygen atoms in total. The number of nitrogens with zero attached hydrogens (tertiary/aromatic N) is 1. The van der Waals surface area contributed by atoms with E-state index in [1.54, 1.807) is 12.2 Å². The van der Waals surface area contributed by atoms with Crippen LogP contribution in [0.3, 0.4) is 0 Å². The summed E-state index contributed by atoms with van der Waals surface area (Å²) in [7, 11) is 0. The van der Waals surface area contributed by atoms with Gasteiger partial charge in [-0.05, 0) is 42.6 Å². The van der Waals surface area contributed by atoms with Crippen LogP contribution in [0.1, 0.15) is 32.6 Å². The van der Waals surface area contributed by atoms with Crippen LogP contribution in [-0.4, -0.2) is 64.5 Å². The van der Waals surface area contributed by atoms with E-state index in [1.165, 1.54) is 22.7 Å². The van der Waals surface area contributed by atoms with Gasteiger partial charge in [-0.25, -0.2) is 8.78 Å². The van der Waals surface area contributed by atoms with Gasteiger partial charge < -0.3 is 20.4 Å². The van der Waals surface area contributed by atoms with Crippen molar-refractivity contribution in [2.75, 3.05) is 25.4 Å². The van der Waals surface area contributed by atoms with E-state index in [-0.39, 0.29) is 13.0 Å². The Morgan fingerprint density at radius 1 is 1.18 bits per heavy atom. The van der Waals surface area contributed by atoms with Gasteiger partial charge in [0.25, 0.3) is 11.8 Å². The molecule has 0 aromatic carbocycles. The third-order valence-electron chi connectivity index (χ3n) is 5.21. The molecule has 0 saturated carbocycles. The van der Waals surface area contributed by atoms with Crippen LogP contribution in [0.5, 0.6) is 0 Å². The van der Waals surface area contributed by atoms with Crippen LogP contribution in [-0.2, 0) is 9.59 Å². The van der Waals surface area contributed by atoms with E-state index in [2.05, 4.69) is 11.9 Å². The van der Waals surface area contributed by atoms with Crippen LogP contribution in [0.2, 0.25) is 0 Å². The Morgan fingerprint density at radius 2 is 1.91 bits per heavy atom. The Labute approximate surface area is 203 Å². The maximum absolute atomic E-state index is 13.7. The summed E-state index contributed by atoms with van der Waals surface area (Å²) >= 11 is 1.49. The van der Waals surface area contributed by atoms with E-state index in [0.29, 0.717) is 43.7 Å². The highest BCUT2D eigenvalue weighted by molar-refractivity contribution is 8.03. The molecule has 0 bridgehead atoms. The van der Waals surface area contributed by atoms with Crippen LogP contribution >= 0.6 is 11.8 Å². The summed E-state index contributed by atoms with van der Waals surface area (Å²) in [5.74, 6) is -2.08. The van der Waals surface area contributed by atoms with Gasteiger partial charge in [0.1, 0.15) is 11.7 Å². The number of aliphatic hydroxyl groups is 2. The second-order valence-electron chi connectivity index (χ2n) is 7.99. The highest BCUT2D eigenvalue weighted by Gasteiger charge is 2.33. The van der Waals surface area contributed by atoms with Gasteiger partial charge in [-0.1, -0.05) is 25.2 Å². The molecule has 2 aliphatic rings. The number of nitrogens with one attached hydrogen (secondary N) is 1. The first kappa shape index (κ1) is 27.8. The van der Waals surface area contributed by atoms with Crippen molar-refractivity contribution in [1.29, 1.82) is 0 Å². The minimum absolute atomic E-state index is 0.0378. The fraction of sp³-hybridized carbons (Fsp3) is 0.440. The van der Waals surface area contributed by atoms with Crippen molar-refractivity contribution >= 4 is 23.6 Å². The summed E-state index contributed by atoms with van der Waals surface area (Å²) in [5.41, 5.74) is 1.55. The molecular weight excluding hydrogens is 462 g/mol. The molecule has 2 atom stereocenters. The van der Waals surface area contributed by atoms with Gasteiger partial charge in [0.15, 0.2) is 12.2 Å². The van der Waals surface area contributed by atoms with Crippen LogP contribution < -0.4 is 5.32 Å². The number of allylic oxidation sites excluding steroid dienone is 8. The molecule has 2 unspecified atom stereocenters. The highest BCUT2D eigenvalue weighted by atomic mass is 32.2. The Morgan fingerprint density at radius 3 is 2.62 bits per heavy atom. The minimum atomic E-state index is -1.90. The normalized spacial score (nSPS) is 17.7. The fourth-order valence-electron chi connectivity index (χ4n) is 3.46. The number of rotatable bonds is 12. The van der Waals surface area contributed by atoms with E-state index in [4.69, 9.17) is 0 Å². The van der Waals surface area contributed by atoms with Crippen molar-refractivity contribution in [2.24, 2.45) is 0 Å². The highest BCUT2D eigenvalue weighted by Crippen LogP contribution is 2.29. The zero-order chi connectivity index (χ0) is 25.1. The molecule has 0 radical (unpaired) electrons. The van der Waals surface area contributed by atoms with Crippen LogP contribution in [0.15, 0.2) is 70.7 Å². The topological polar surface area (TPSA) is 89.9 Å². The average molecular weight is 495 g/mol. The van der Waals surface area contributed by atoms with Crippen LogP contribution in [0, 0.1) is 0 Å². The van der Waals surface area contributed by atoms with Gasteiger partial charge in [-0.3, -0.25) is 9.59 Å². The first-order valence-electron chi connectivity index (χ1n) is 11.2. The molecule has 9 heteroatoms. The lowest BCUT2D eigenvalue weighted by Gasteiger charge is -2.26. The molecule has 1 aliphatic carbocycles. The van der Waals surface area contributed by atoms with E-state index < -0.39 is 35.7 Å². The van der Waals surface area contributed by atoms with Crippen LogP contribution in [0.4, 0.5) is 8.78 Å². The predicted octanol–water partition coefficient (Wildman–Crippen LogP) is 3.62. The van der Waals surface area contributed by atoms with Crippen molar-refractivity contribution in [2.45, 2.75) is 44.8 Å². The van der Waals surface area contributed by atoms with Crippen LogP contribution in [0.25, 0.3) is 0 Å². The number of hydrogen-bond acceptors (Lipinski definition) is 5. The maximum atomic E-state index is 13.7. The number of aliphatic hydroxyl groups excluding tert-OH is 2. The molecule has 0 spiro atoms. The van der Waals surface area contributed by atoms with E-state index in [9.17, 15) is 28.6 Å². The van der Waals surface area contributed by atoms with Gasteiger partial charge in [0.2, 0.25) is 0 Å². The molecule has 34 heavy (non-hydrogen) atoms. The van der Waals surface area contributed by atoms with E-state index >= 15 is 0 Å². The summed E-state index contributed by atoms with van der Waals surface area (Å²) < 4.78 is 27.1. The standard InChI is InChI=1S/C25H32F2N2O4S/c1-3-5-10-29(9-4-2)25(33)23(31)22(30)24(32)28-16-21-14-18(8-11-34-21)12-17-6-7-19(26)15-20(27)13-17/h3,6,8,13-15,22-23,30-31H,1,4-5,7,9-12,16H2,2H3,(H,28,32). The zero-order valence-corrected chi connectivity index (χ0v) is 20.1. The molecule has 1 heterocycles. The molecule has 0 aromatic rings. The summed E-state index contributed by atoms with van der Waals surface area (Å²) in [6.45, 7) is 6.35. The number of hydrogen-bond donors (Lipinski definition) is 3. The van der Waals surface area contributed by atoms with Gasteiger partial charge in [0, 0.05) is 42.8 Å². The zero-order valence-electron chi connectivity index (χ0n) is 19.3. The smallest absolute Gasteiger partial charge is 0.254 e. The quantitative estimate of drug-likeness (QED) is 0.361. The lowest BCUT2D eigenvalue weighted by atomic mass is 10.0. The Balaban J connectivity index is 1.92. The minimum Gasteiger partial charge on any atom is -0.380 e. The molecule has 0 fully saturated rings. The number of carbonyl (C=O) groups is 2. The third-order valence-corrected chi connectivity index (χ3v) is 6.18. The van der Waals surface area contributed by atoms with Gasteiger partial charge >= 0.3 is 0 Å². The fourth-order valence-corrected chi connectivity index (χ4v) is 4.38. The first-order valence-corrected chi connectivity index (χ1v) is 12.2. The first-order chi connectivity index (χ1) is 16.2. The SMILES string of the molecule is C=CCCN(CCC)C(=O)C(O)C(O)C(=O)NCC1=CC(CC2=CCC(F)=CC(F)=C2)=CCS1. The average Bonchev–Trinajstić information content (AvgIpc) is 2.98. The molecule has 2 rings (SSSR count). The molecule has 2 amide bonds. The predicted molar refractivity (Wildman–Crippen MR) is 131 cm³/mol. The van der Waals surface area contributed by atoms with Crippen molar-refractivity contribution in [1.82, 2.24) is 10.2 Å². The Hall–Kier alpha value is -2.49. The monoisotopic (exact) mass is 494 g/mol. The molecule has 3 N–H and O–H groups in total. The summed E-state index contributed by atoms with van der Waals surface area (Å²) in [5, 5.41) is 23.0. The molecule has 1 aliphatic heterocycles. The number of thioether (sulfide) groups is 1. The number of amides is 2. The summed E-state index contributed by atoms with van der Waals surface area (Å²) in [4.78, 5) is 27.1. The molecule has 186 valence electrons. The Kier molecular flexibility index (Phi) is 11.5. The molecular formula is C25H32F2N2O4S. The van der Waals surface area contributed by atoms with Crippen molar-refractivity contribution in [3.8, 4) is 0 Å². The van der Waals surface area contributed by atoms with Gasteiger partial charge in [0.05, 0.1) is 0 Å². The number of halogens is 2. The summed E-state index contributed by atoms with van der Waals surface area (Å²) in [6.07, 6.45) is 7.19. The molecule has 0 saturated heterocycles. The van der Waals surface area contributed by atoms with Crippen molar-refractivity contribution in [3.05, 3.63) is 70.7 Å². The van der Waals surface area contributed by atoms with Crippen molar-refractivity contribution in [3.63, 3.8) is 0 Å². The van der Waals surface area contributed by atoms with Gasteiger partial charge in [-0.2, -0.15) is 0 Å². The maximum Gasteiger partial charge on any atom is 0.254 e. The second-order valence-corrected chi connectivity index (χ2v) is 9.14. The second kappa shape index (κ2) is 14.0. The van der Waals surface area contributed by atoms with E-state index in [0.717, 1.165) is 16.6 Å². The molecule has 0 aromatic heterocycles. The summed E-state index contributed by atoms with van der Waals surface area (Å²) in [6, 6.07) is 0.